The highest BCUT2D eigenvalue weighted by Crippen LogP contribution is 2.31. The standard InChI is InChI=1S/C21H30N4O3S/c1-13(2)5-6-14(3)22-20(27)18-11-29-12-25(18)21(28)15-7-8-17-16(9-15)23-19(26)10-24(17)4/h7-9,13-14,18H,5-6,10-12H2,1-4H3,(H,22,27)(H,23,26). The van der Waals surface area contributed by atoms with Crippen molar-refractivity contribution in [1.29, 1.82) is 0 Å². The number of likely N-dealkylation sites (N-methyl/N-ethyl adjacent to an activating group) is 1. The topological polar surface area (TPSA) is 81.8 Å². The van der Waals surface area contributed by atoms with Crippen molar-refractivity contribution < 1.29 is 14.4 Å². The SMILES string of the molecule is CC(C)CCC(C)NC(=O)C1CSCN1C(=O)c1ccc2c(c1)NC(=O)CN2C. The molecule has 2 heterocycles. The fraction of sp³-hybridized carbons (Fsp3) is 0.571. The van der Waals surface area contributed by atoms with E-state index in [-0.39, 0.29) is 23.8 Å². The first-order valence-electron chi connectivity index (χ1n) is 10.1. The molecule has 0 spiro atoms. The molecular weight excluding hydrogens is 388 g/mol. The van der Waals surface area contributed by atoms with Crippen LogP contribution in [0.1, 0.15) is 44.0 Å². The lowest BCUT2D eigenvalue weighted by Crippen LogP contribution is -2.49. The Morgan fingerprint density at radius 3 is 2.76 bits per heavy atom. The van der Waals surface area contributed by atoms with Crippen molar-refractivity contribution in [3.63, 3.8) is 0 Å². The Morgan fingerprint density at radius 2 is 2.03 bits per heavy atom. The Kier molecular flexibility index (Phi) is 6.72. The zero-order chi connectivity index (χ0) is 21.1. The van der Waals surface area contributed by atoms with Gasteiger partial charge in [0.15, 0.2) is 0 Å². The van der Waals surface area contributed by atoms with Crippen LogP contribution in [0.4, 0.5) is 11.4 Å². The number of nitrogens with zero attached hydrogens (tertiary/aromatic N) is 2. The molecule has 29 heavy (non-hydrogen) atoms. The number of benzene rings is 1. The molecule has 3 rings (SSSR count). The molecule has 8 heteroatoms. The molecule has 0 saturated carbocycles. The van der Waals surface area contributed by atoms with Crippen LogP contribution in [0.15, 0.2) is 18.2 Å². The highest BCUT2D eigenvalue weighted by atomic mass is 32.2. The van der Waals surface area contributed by atoms with Gasteiger partial charge in [-0.25, -0.2) is 0 Å². The lowest BCUT2D eigenvalue weighted by atomic mass is 10.0. The number of hydrogen-bond donors (Lipinski definition) is 2. The van der Waals surface area contributed by atoms with Gasteiger partial charge in [-0.2, -0.15) is 0 Å². The number of nitrogens with one attached hydrogen (secondary N) is 2. The van der Waals surface area contributed by atoms with Crippen LogP contribution < -0.4 is 15.5 Å². The lowest BCUT2D eigenvalue weighted by Gasteiger charge is -2.28. The van der Waals surface area contributed by atoms with E-state index in [4.69, 9.17) is 0 Å². The first kappa shape index (κ1) is 21.5. The van der Waals surface area contributed by atoms with E-state index in [9.17, 15) is 14.4 Å². The van der Waals surface area contributed by atoms with E-state index in [1.165, 1.54) is 0 Å². The Labute approximate surface area is 176 Å². The molecule has 2 N–H and O–H groups in total. The van der Waals surface area contributed by atoms with Gasteiger partial charge < -0.3 is 20.4 Å². The number of fused-ring (bicyclic) bond motifs is 1. The van der Waals surface area contributed by atoms with Gasteiger partial charge in [0, 0.05) is 24.4 Å². The zero-order valence-corrected chi connectivity index (χ0v) is 18.3. The number of hydrogen-bond acceptors (Lipinski definition) is 5. The molecule has 2 aliphatic heterocycles. The Morgan fingerprint density at radius 1 is 1.28 bits per heavy atom. The van der Waals surface area contributed by atoms with E-state index in [0.717, 1.165) is 18.5 Å². The zero-order valence-electron chi connectivity index (χ0n) is 17.5. The maximum atomic E-state index is 13.1. The van der Waals surface area contributed by atoms with Gasteiger partial charge in [0.2, 0.25) is 11.8 Å². The molecule has 0 aliphatic carbocycles. The van der Waals surface area contributed by atoms with Crippen molar-refractivity contribution in [2.24, 2.45) is 5.92 Å². The van der Waals surface area contributed by atoms with Crippen molar-refractivity contribution in [3.8, 4) is 0 Å². The van der Waals surface area contributed by atoms with E-state index in [1.807, 2.05) is 24.9 Å². The van der Waals surface area contributed by atoms with E-state index in [2.05, 4.69) is 24.5 Å². The third-order valence-corrected chi connectivity index (χ3v) is 6.33. The molecule has 1 aromatic rings. The monoisotopic (exact) mass is 418 g/mol. The van der Waals surface area contributed by atoms with Crippen LogP contribution in [0.3, 0.4) is 0 Å². The average Bonchev–Trinajstić information content (AvgIpc) is 3.15. The smallest absolute Gasteiger partial charge is 0.255 e. The molecule has 7 nitrogen and oxygen atoms in total. The van der Waals surface area contributed by atoms with Crippen LogP contribution in [0.5, 0.6) is 0 Å². The molecule has 0 aromatic heterocycles. The normalized spacial score (nSPS) is 19.8. The quantitative estimate of drug-likeness (QED) is 0.742. The van der Waals surface area contributed by atoms with E-state index < -0.39 is 6.04 Å². The Hall–Kier alpha value is -2.22. The highest BCUT2D eigenvalue weighted by Gasteiger charge is 2.36. The van der Waals surface area contributed by atoms with Gasteiger partial charge >= 0.3 is 0 Å². The molecule has 2 unspecified atom stereocenters. The fourth-order valence-electron chi connectivity index (χ4n) is 3.61. The highest BCUT2D eigenvalue weighted by molar-refractivity contribution is 7.99. The molecule has 1 saturated heterocycles. The van der Waals surface area contributed by atoms with E-state index in [0.29, 0.717) is 35.3 Å². The summed E-state index contributed by atoms with van der Waals surface area (Å²) in [6, 6.07) is 4.92. The van der Waals surface area contributed by atoms with Crippen molar-refractivity contribution in [2.75, 3.05) is 35.4 Å². The second kappa shape index (κ2) is 9.07. The second-order valence-electron chi connectivity index (χ2n) is 8.31. The largest absolute Gasteiger partial charge is 0.364 e. The van der Waals surface area contributed by atoms with E-state index in [1.54, 1.807) is 28.8 Å². The van der Waals surface area contributed by atoms with Gasteiger partial charge in [0.25, 0.3) is 5.91 Å². The van der Waals surface area contributed by atoms with Crippen LogP contribution in [0, 0.1) is 5.92 Å². The third-order valence-electron chi connectivity index (χ3n) is 5.32. The van der Waals surface area contributed by atoms with E-state index >= 15 is 0 Å². The maximum absolute atomic E-state index is 13.1. The number of thioether (sulfide) groups is 1. The Bertz CT molecular complexity index is 798. The van der Waals surface area contributed by atoms with Gasteiger partial charge in [-0.05, 0) is 43.9 Å². The van der Waals surface area contributed by atoms with Crippen molar-refractivity contribution >= 4 is 40.9 Å². The molecule has 3 amide bonds. The summed E-state index contributed by atoms with van der Waals surface area (Å²) in [5, 5.41) is 5.89. The lowest BCUT2D eigenvalue weighted by molar-refractivity contribution is -0.125. The number of carbonyl (C=O) groups excluding carboxylic acids is 3. The predicted octanol–water partition coefficient (Wildman–Crippen LogP) is 2.53. The number of amides is 3. The van der Waals surface area contributed by atoms with Gasteiger partial charge in [-0.15, -0.1) is 11.8 Å². The summed E-state index contributed by atoms with van der Waals surface area (Å²) in [4.78, 5) is 41.2. The molecule has 2 atom stereocenters. The van der Waals surface area contributed by atoms with Gasteiger partial charge in [0.1, 0.15) is 6.04 Å². The molecule has 1 aromatic carbocycles. The van der Waals surface area contributed by atoms with Crippen LogP contribution in [-0.4, -0.2) is 59.9 Å². The van der Waals surface area contributed by atoms with Crippen molar-refractivity contribution in [1.82, 2.24) is 10.2 Å². The molecular formula is C21H30N4O3S. The third kappa shape index (κ3) is 5.04. The van der Waals surface area contributed by atoms with Crippen LogP contribution in [0.2, 0.25) is 0 Å². The molecule has 2 aliphatic rings. The molecule has 1 fully saturated rings. The average molecular weight is 419 g/mol. The maximum Gasteiger partial charge on any atom is 0.255 e. The molecule has 0 bridgehead atoms. The van der Waals surface area contributed by atoms with Crippen LogP contribution in [0.25, 0.3) is 0 Å². The fourth-order valence-corrected chi connectivity index (χ4v) is 4.77. The summed E-state index contributed by atoms with van der Waals surface area (Å²) in [6.45, 7) is 6.64. The number of rotatable bonds is 6. The summed E-state index contributed by atoms with van der Waals surface area (Å²) in [5.41, 5.74) is 1.99. The van der Waals surface area contributed by atoms with Crippen molar-refractivity contribution in [2.45, 2.75) is 45.7 Å². The number of carbonyl (C=O) groups is 3. The summed E-state index contributed by atoms with van der Waals surface area (Å²) in [6.07, 6.45) is 1.98. The first-order chi connectivity index (χ1) is 13.8. The second-order valence-corrected chi connectivity index (χ2v) is 9.31. The van der Waals surface area contributed by atoms with Gasteiger partial charge in [-0.3, -0.25) is 14.4 Å². The summed E-state index contributed by atoms with van der Waals surface area (Å²) in [5.74, 6) is 1.30. The summed E-state index contributed by atoms with van der Waals surface area (Å²) >= 11 is 1.58. The summed E-state index contributed by atoms with van der Waals surface area (Å²) < 4.78 is 0. The molecule has 0 radical (unpaired) electrons. The number of anilines is 2. The minimum absolute atomic E-state index is 0.0851. The first-order valence-corrected chi connectivity index (χ1v) is 11.3. The minimum atomic E-state index is -0.470. The predicted molar refractivity (Wildman–Crippen MR) is 117 cm³/mol. The molecule has 158 valence electrons. The van der Waals surface area contributed by atoms with Gasteiger partial charge in [0.05, 0.1) is 23.8 Å². The summed E-state index contributed by atoms with van der Waals surface area (Å²) in [7, 11) is 1.84. The Balaban J connectivity index is 1.69. The van der Waals surface area contributed by atoms with Crippen LogP contribution >= 0.6 is 11.8 Å². The minimum Gasteiger partial charge on any atom is -0.364 e. The van der Waals surface area contributed by atoms with Crippen molar-refractivity contribution in [3.05, 3.63) is 23.8 Å². The van der Waals surface area contributed by atoms with Gasteiger partial charge in [-0.1, -0.05) is 13.8 Å². The van der Waals surface area contributed by atoms with Crippen LogP contribution in [-0.2, 0) is 9.59 Å².